The number of rotatable bonds is 3. The van der Waals surface area contributed by atoms with Crippen LogP contribution in [0, 0.1) is 11.3 Å². The van der Waals surface area contributed by atoms with Gasteiger partial charge in [-0.3, -0.25) is 9.59 Å². The Balaban J connectivity index is 2.02. The number of carbonyl (C=O) groups excluding carboxylic acids is 2. The lowest BCUT2D eigenvalue weighted by atomic mass is 10.2. The van der Waals surface area contributed by atoms with Crippen LogP contribution in [0.4, 0.5) is 5.69 Å². The molecule has 0 saturated carbocycles. The summed E-state index contributed by atoms with van der Waals surface area (Å²) >= 11 is 3.39. The van der Waals surface area contributed by atoms with Gasteiger partial charge in [-0.05, 0) is 28.1 Å². The molecule has 2 rings (SSSR count). The molecule has 2 amide bonds. The van der Waals surface area contributed by atoms with Gasteiger partial charge in [0.05, 0.1) is 5.69 Å². The van der Waals surface area contributed by atoms with Gasteiger partial charge in [0, 0.05) is 43.8 Å². The van der Waals surface area contributed by atoms with E-state index in [0.29, 0.717) is 26.2 Å². The van der Waals surface area contributed by atoms with Crippen LogP contribution in [0.25, 0.3) is 0 Å². The van der Waals surface area contributed by atoms with Crippen molar-refractivity contribution in [3.05, 3.63) is 40.5 Å². The first-order valence-electron chi connectivity index (χ1n) is 7.19. The van der Waals surface area contributed by atoms with E-state index in [0.717, 1.165) is 10.2 Å². The zero-order chi connectivity index (χ0) is 16.8. The number of hydrogen-bond donors (Lipinski definition) is 1. The Kier molecular flexibility index (Phi) is 5.77. The SMILES string of the molecule is CC(=O)N1CCN(C(=O)/C(C#N)=C\Nc2ccccc2Br)CC1. The van der Waals surface area contributed by atoms with Crippen LogP contribution in [0.3, 0.4) is 0 Å². The molecular formula is C16H17BrN4O2. The highest BCUT2D eigenvalue weighted by Crippen LogP contribution is 2.21. The molecule has 1 aromatic carbocycles. The van der Waals surface area contributed by atoms with Crippen LogP contribution in [0.1, 0.15) is 6.92 Å². The molecule has 1 aromatic rings. The minimum Gasteiger partial charge on any atom is -0.359 e. The number of halogens is 1. The van der Waals surface area contributed by atoms with Crippen molar-refractivity contribution >= 4 is 33.4 Å². The molecule has 0 aliphatic carbocycles. The van der Waals surface area contributed by atoms with Crippen molar-refractivity contribution in [1.82, 2.24) is 9.80 Å². The first kappa shape index (κ1) is 17.0. The normalized spacial score (nSPS) is 15.1. The quantitative estimate of drug-likeness (QED) is 0.646. The summed E-state index contributed by atoms with van der Waals surface area (Å²) in [6.45, 7) is 3.38. The Bertz CT molecular complexity index is 673. The smallest absolute Gasteiger partial charge is 0.266 e. The van der Waals surface area contributed by atoms with Crippen LogP contribution in [0.5, 0.6) is 0 Å². The summed E-state index contributed by atoms with van der Waals surface area (Å²) in [5.74, 6) is -0.320. The molecule has 0 radical (unpaired) electrons. The Morgan fingerprint density at radius 3 is 2.39 bits per heavy atom. The predicted octanol–water partition coefficient (Wildman–Crippen LogP) is 1.96. The van der Waals surface area contributed by atoms with Crippen molar-refractivity contribution in [3.63, 3.8) is 0 Å². The van der Waals surface area contributed by atoms with E-state index in [9.17, 15) is 14.9 Å². The van der Waals surface area contributed by atoms with Gasteiger partial charge in [-0.2, -0.15) is 5.26 Å². The standard InChI is InChI=1S/C16H17BrN4O2/c1-12(22)20-6-8-21(9-7-20)16(23)13(10-18)11-19-15-5-3-2-4-14(15)17/h2-5,11,19H,6-9H2,1H3/b13-11-. The number of amides is 2. The van der Waals surface area contributed by atoms with E-state index in [-0.39, 0.29) is 17.4 Å². The third-order valence-electron chi connectivity index (χ3n) is 3.61. The summed E-state index contributed by atoms with van der Waals surface area (Å²) < 4.78 is 0.844. The molecule has 6 nitrogen and oxygen atoms in total. The lowest BCUT2D eigenvalue weighted by Crippen LogP contribution is -2.50. The second kappa shape index (κ2) is 7.79. The molecule has 120 valence electrons. The predicted molar refractivity (Wildman–Crippen MR) is 90.3 cm³/mol. The van der Waals surface area contributed by atoms with Crippen molar-refractivity contribution in [3.8, 4) is 6.07 Å². The van der Waals surface area contributed by atoms with E-state index in [1.807, 2.05) is 30.3 Å². The van der Waals surface area contributed by atoms with Gasteiger partial charge in [-0.15, -0.1) is 0 Å². The lowest BCUT2D eigenvalue weighted by molar-refractivity contribution is -0.136. The van der Waals surface area contributed by atoms with E-state index < -0.39 is 0 Å². The fraction of sp³-hybridized carbons (Fsp3) is 0.312. The monoisotopic (exact) mass is 376 g/mol. The van der Waals surface area contributed by atoms with E-state index >= 15 is 0 Å². The highest BCUT2D eigenvalue weighted by molar-refractivity contribution is 9.10. The molecule has 1 fully saturated rings. The van der Waals surface area contributed by atoms with Gasteiger partial charge in [0.25, 0.3) is 5.91 Å². The van der Waals surface area contributed by atoms with Gasteiger partial charge in [0.2, 0.25) is 5.91 Å². The number of carbonyl (C=O) groups is 2. The Hall–Kier alpha value is -2.33. The minimum atomic E-state index is -0.324. The van der Waals surface area contributed by atoms with Crippen LogP contribution in [-0.2, 0) is 9.59 Å². The molecule has 7 heteroatoms. The highest BCUT2D eigenvalue weighted by atomic mass is 79.9. The summed E-state index contributed by atoms with van der Waals surface area (Å²) in [7, 11) is 0. The molecular weight excluding hydrogens is 360 g/mol. The van der Waals surface area contributed by atoms with Crippen LogP contribution < -0.4 is 5.32 Å². The van der Waals surface area contributed by atoms with Crippen molar-refractivity contribution in [2.24, 2.45) is 0 Å². The van der Waals surface area contributed by atoms with Crippen molar-refractivity contribution in [1.29, 1.82) is 5.26 Å². The number of para-hydroxylation sites is 1. The van der Waals surface area contributed by atoms with Gasteiger partial charge in [-0.25, -0.2) is 0 Å². The lowest BCUT2D eigenvalue weighted by Gasteiger charge is -2.34. The van der Waals surface area contributed by atoms with Crippen molar-refractivity contribution < 1.29 is 9.59 Å². The van der Waals surface area contributed by atoms with Gasteiger partial charge in [0.1, 0.15) is 11.6 Å². The number of benzene rings is 1. The van der Waals surface area contributed by atoms with Gasteiger partial charge in [0.15, 0.2) is 0 Å². The highest BCUT2D eigenvalue weighted by Gasteiger charge is 2.24. The average molecular weight is 377 g/mol. The molecule has 0 spiro atoms. The van der Waals surface area contributed by atoms with Crippen LogP contribution in [0.15, 0.2) is 40.5 Å². The number of nitrogens with zero attached hydrogens (tertiary/aromatic N) is 3. The number of piperazine rings is 1. The minimum absolute atomic E-state index is 0.00347. The summed E-state index contributed by atoms with van der Waals surface area (Å²) in [5.41, 5.74) is 0.812. The Labute approximate surface area is 143 Å². The average Bonchev–Trinajstić information content (AvgIpc) is 2.56. The number of hydrogen-bond acceptors (Lipinski definition) is 4. The van der Waals surface area contributed by atoms with E-state index in [1.165, 1.54) is 13.1 Å². The number of anilines is 1. The summed E-state index contributed by atoms with van der Waals surface area (Å²) in [5, 5.41) is 12.2. The first-order valence-corrected chi connectivity index (χ1v) is 7.98. The zero-order valence-electron chi connectivity index (χ0n) is 12.8. The van der Waals surface area contributed by atoms with E-state index in [2.05, 4.69) is 21.2 Å². The molecule has 0 atom stereocenters. The number of nitrogens with one attached hydrogen (secondary N) is 1. The van der Waals surface area contributed by atoms with Gasteiger partial charge in [-0.1, -0.05) is 12.1 Å². The maximum Gasteiger partial charge on any atom is 0.266 e. The summed E-state index contributed by atoms with van der Waals surface area (Å²) in [6, 6.07) is 9.38. The Morgan fingerprint density at radius 1 is 1.22 bits per heavy atom. The molecule has 1 N–H and O–H groups in total. The van der Waals surface area contributed by atoms with Gasteiger partial charge < -0.3 is 15.1 Å². The molecule has 0 bridgehead atoms. The second-order valence-corrected chi connectivity index (χ2v) is 5.95. The Morgan fingerprint density at radius 2 is 1.83 bits per heavy atom. The third-order valence-corrected chi connectivity index (χ3v) is 4.30. The summed E-state index contributed by atoms with van der Waals surface area (Å²) in [4.78, 5) is 27.0. The third kappa shape index (κ3) is 4.33. The largest absolute Gasteiger partial charge is 0.359 e. The first-order chi connectivity index (χ1) is 11.0. The molecule has 0 unspecified atom stereocenters. The van der Waals surface area contributed by atoms with Crippen LogP contribution in [-0.4, -0.2) is 47.8 Å². The molecule has 1 aliphatic rings. The molecule has 0 aromatic heterocycles. The van der Waals surface area contributed by atoms with Gasteiger partial charge >= 0.3 is 0 Å². The molecule has 23 heavy (non-hydrogen) atoms. The van der Waals surface area contributed by atoms with Crippen molar-refractivity contribution in [2.75, 3.05) is 31.5 Å². The van der Waals surface area contributed by atoms with Crippen molar-refractivity contribution in [2.45, 2.75) is 6.92 Å². The number of nitriles is 1. The van der Waals surface area contributed by atoms with Crippen LogP contribution in [0.2, 0.25) is 0 Å². The fourth-order valence-electron chi connectivity index (χ4n) is 2.26. The molecule has 1 saturated heterocycles. The molecule has 1 heterocycles. The van der Waals surface area contributed by atoms with E-state index in [4.69, 9.17) is 0 Å². The maximum atomic E-state index is 12.4. The summed E-state index contributed by atoms with van der Waals surface area (Å²) in [6.07, 6.45) is 1.42. The molecule has 1 aliphatic heterocycles. The topological polar surface area (TPSA) is 76.4 Å². The maximum absolute atomic E-state index is 12.4. The van der Waals surface area contributed by atoms with Crippen LogP contribution >= 0.6 is 15.9 Å². The van der Waals surface area contributed by atoms with E-state index in [1.54, 1.807) is 9.80 Å². The zero-order valence-corrected chi connectivity index (χ0v) is 14.3. The fourth-order valence-corrected chi connectivity index (χ4v) is 2.66. The second-order valence-electron chi connectivity index (χ2n) is 5.09.